The molecule has 0 saturated heterocycles. The van der Waals surface area contributed by atoms with Crippen molar-refractivity contribution in [3.8, 4) is 11.1 Å². The Morgan fingerprint density at radius 1 is 1.11 bits per heavy atom. The van der Waals surface area contributed by atoms with Crippen molar-refractivity contribution in [2.75, 3.05) is 6.54 Å². The van der Waals surface area contributed by atoms with E-state index in [-0.39, 0.29) is 0 Å². The molecule has 0 bridgehead atoms. The van der Waals surface area contributed by atoms with Gasteiger partial charge in [-0.05, 0) is 36.4 Å². The lowest BCUT2D eigenvalue weighted by Gasteiger charge is -2.04. The molecule has 0 aromatic carbocycles. The summed E-state index contributed by atoms with van der Waals surface area (Å²) in [5.41, 5.74) is 9.71. The average Bonchev–Trinajstić information content (AvgIpc) is 2.86. The van der Waals surface area contributed by atoms with E-state index in [2.05, 4.69) is 27.1 Å². The summed E-state index contributed by atoms with van der Waals surface area (Å²) < 4.78 is 0. The van der Waals surface area contributed by atoms with Gasteiger partial charge in [-0.25, -0.2) is 4.98 Å². The molecule has 0 aliphatic carbocycles. The van der Waals surface area contributed by atoms with Gasteiger partial charge in [0, 0.05) is 41.7 Å². The van der Waals surface area contributed by atoms with Gasteiger partial charge in [-0.2, -0.15) is 0 Å². The number of H-pyrrole nitrogens is 1. The predicted molar refractivity (Wildman–Crippen MR) is 72.1 cm³/mol. The van der Waals surface area contributed by atoms with Crippen molar-refractivity contribution in [3.63, 3.8) is 0 Å². The van der Waals surface area contributed by atoms with Crippen LogP contribution in [-0.2, 0) is 6.42 Å². The number of nitrogens with two attached hydrogens (primary N) is 1. The topological polar surface area (TPSA) is 67.6 Å². The summed E-state index contributed by atoms with van der Waals surface area (Å²) in [4.78, 5) is 11.8. The number of aromatic nitrogens is 3. The average molecular weight is 238 g/mol. The van der Waals surface area contributed by atoms with Gasteiger partial charge in [0.05, 0.1) is 0 Å². The van der Waals surface area contributed by atoms with Gasteiger partial charge >= 0.3 is 0 Å². The van der Waals surface area contributed by atoms with Crippen LogP contribution >= 0.6 is 0 Å². The molecule has 4 heteroatoms. The van der Waals surface area contributed by atoms with Gasteiger partial charge in [0.25, 0.3) is 0 Å². The van der Waals surface area contributed by atoms with Gasteiger partial charge in [-0.3, -0.25) is 4.98 Å². The number of pyridine rings is 2. The minimum absolute atomic E-state index is 0.617. The molecule has 3 aromatic heterocycles. The molecule has 3 aromatic rings. The van der Waals surface area contributed by atoms with Crippen molar-refractivity contribution in [3.05, 3.63) is 48.5 Å². The minimum Gasteiger partial charge on any atom is -0.346 e. The summed E-state index contributed by atoms with van der Waals surface area (Å²) in [5, 5.41) is 1.12. The van der Waals surface area contributed by atoms with Crippen LogP contribution in [0.25, 0.3) is 22.2 Å². The summed E-state index contributed by atoms with van der Waals surface area (Å²) in [6, 6.07) is 8.21. The minimum atomic E-state index is 0.617. The number of fused-ring (bicyclic) bond motifs is 1. The van der Waals surface area contributed by atoms with E-state index in [4.69, 9.17) is 5.73 Å². The maximum absolute atomic E-state index is 5.55. The lowest BCUT2D eigenvalue weighted by molar-refractivity contribution is 0.924. The Labute approximate surface area is 105 Å². The second-order valence-corrected chi connectivity index (χ2v) is 4.21. The zero-order valence-corrected chi connectivity index (χ0v) is 9.93. The zero-order chi connectivity index (χ0) is 12.4. The zero-order valence-electron chi connectivity index (χ0n) is 9.93. The molecule has 3 rings (SSSR count). The van der Waals surface area contributed by atoms with Crippen molar-refractivity contribution >= 4 is 11.0 Å². The summed E-state index contributed by atoms with van der Waals surface area (Å²) in [5.74, 6) is 0. The van der Waals surface area contributed by atoms with Crippen LogP contribution in [0.3, 0.4) is 0 Å². The lowest BCUT2D eigenvalue weighted by Crippen LogP contribution is -2.04. The summed E-state index contributed by atoms with van der Waals surface area (Å²) in [7, 11) is 0. The number of rotatable bonds is 3. The fourth-order valence-electron chi connectivity index (χ4n) is 2.04. The van der Waals surface area contributed by atoms with Crippen molar-refractivity contribution in [1.29, 1.82) is 0 Å². The van der Waals surface area contributed by atoms with Crippen LogP contribution in [0.2, 0.25) is 0 Å². The van der Waals surface area contributed by atoms with Crippen LogP contribution in [0.4, 0.5) is 0 Å². The van der Waals surface area contributed by atoms with Gasteiger partial charge in [0.15, 0.2) is 0 Å². The fraction of sp³-hybridized carbons (Fsp3) is 0.143. The molecular formula is C14H14N4. The Balaban J connectivity index is 2.04. The number of aromatic amines is 1. The first kappa shape index (κ1) is 10.9. The number of nitrogens with one attached hydrogen (secondary N) is 1. The predicted octanol–water partition coefficient (Wildman–Crippen LogP) is 2.13. The van der Waals surface area contributed by atoms with E-state index in [1.165, 1.54) is 0 Å². The van der Waals surface area contributed by atoms with Crippen molar-refractivity contribution < 1.29 is 0 Å². The molecule has 0 aliphatic heterocycles. The summed E-state index contributed by atoms with van der Waals surface area (Å²) in [6.07, 6.45) is 6.39. The number of hydrogen-bond donors (Lipinski definition) is 2. The molecule has 3 N–H and O–H groups in total. The van der Waals surface area contributed by atoms with Crippen molar-refractivity contribution in [1.82, 2.24) is 15.0 Å². The van der Waals surface area contributed by atoms with Gasteiger partial charge in [-0.15, -0.1) is 0 Å². The van der Waals surface area contributed by atoms with Gasteiger partial charge in [-0.1, -0.05) is 0 Å². The molecule has 0 aliphatic rings. The van der Waals surface area contributed by atoms with Crippen LogP contribution < -0.4 is 5.73 Å². The molecule has 0 fully saturated rings. The fourth-order valence-corrected chi connectivity index (χ4v) is 2.04. The summed E-state index contributed by atoms with van der Waals surface area (Å²) in [6.45, 7) is 0.617. The Morgan fingerprint density at radius 2 is 2.06 bits per heavy atom. The highest BCUT2D eigenvalue weighted by atomic mass is 14.8. The number of nitrogens with zero attached hydrogens (tertiary/aromatic N) is 2. The lowest BCUT2D eigenvalue weighted by atomic mass is 10.1. The van der Waals surface area contributed by atoms with E-state index in [0.29, 0.717) is 6.54 Å². The first-order valence-corrected chi connectivity index (χ1v) is 5.95. The molecule has 0 unspecified atom stereocenters. The van der Waals surface area contributed by atoms with Crippen molar-refractivity contribution in [2.45, 2.75) is 6.42 Å². The molecule has 18 heavy (non-hydrogen) atoms. The SMILES string of the molecule is NCCc1cc(-c2cnc3[nH]ccc3c2)ccn1. The van der Waals surface area contributed by atoms with Crippen LogP contribution in [-0.4, -0.2) is 21.5 Å². The third-order valence-corrected chi connectivity index (χ3v) is 2.95. The number of hydrogen-bond acceptors (Lipinski definition) is 3. The monoisotopic (exact) mass is 238 g/mol. The largest absolute Gasteiger partial charge is 0.346 e. The first-order chi connectivity index (χ1) is 8.86. The van der Waals surface area contributed by atoms with E-state index < -0.39 is 0 Å². The molecule has 0 saturated carbocycles. The van der Waals surface area contributed by atoms with E-state index in [9.17, 15) is 0 Å². The smallest absolute Gasteiger partial charge is 0.137 e. The van der Waals surface area contributed by atoms with E-state index >= 15 is 0 Å². The molecule has 0 atom stereocenters. The molecule has 0 amide bonds. The van der Waals surface area contributed by atoms with Crippen molar-refractivity contribution in [2.24, 2.45) is 5.73 Å². The van der Waals surface area contributed by atoms with Gasteiger partial charge in [0.2, 0.25) is 0 Å². The Kier molecular flexibility index (Phi) is 2.78. The maximum Gasteiger partial charge on any atom is 0.137 e. The second-order valence-electron chi connectivity index (χ2n) is 4.21. The Morgan fingerprint density at radius 3 is 2.94 bits per heavy atom. The van der Waals surface area contributed by atoms with Crippen LogP contribution in [0.15, 0.2) is 42.9 Å². The van der Waals surface area contributed by atoms with Crippen LogP contribution in [0, 0.1) is 0 Å². The molecule has 90 valence electrons. The standard InChI is InChI=1S/C14H14N4/c15-4-1-13-8-10(2-5-16-13)12-7-11-3-6-17-14(11)18-9-12/h2-3,5-9H,1,4,15H2,(H,17,18). The molecule has 0 radical (unpaired) electrons. The highest BCUT2D eigenvalue weighted by Crippen LogP contribution is 2.22. The van der Waals surface area contributed by atoms with Crippen LogP contribution in [0.5, 0.6) is 0 Å². The van der Waals surface area contributed by atoms with E-state index in [1.54, 1.807) is 0 Å². The van der Waals surface area contributed by atoms with E-state index in [1.807, 2.05) is 30.7 Å². The third kappa shape index (κ3) is 1.98. The normalized spacial score (nSPS) is 10.9. The van der Waals surface area contributed by atoms with Gasteiger partial charge < -0.3 is 10.7 Å². The summed E-state index contributed by atoms with van der Waals surface area (Å²) >= 11 is 0. The first-order valence-electron chi connectivity index (χ1n) is 5.95. The molecule has 4 nitrogen and oxygen atoms in total. The molecular weight excluding hydrogens is 224 g/mol. The Hall–Kier alpha value is -2.20. The maximum atomic E-state index is 5.55. The Bertz CT molecular complexity index is 672. The third-order valence-electron chi connectivity index (χ3n) is 2.95. The van der Waals surface area contributed by atoms with Gasteiger partial charge in [0.1, 0.15) is 5.65 Å². The molecule has 3 heterocycles. The van der Waals surface area contributed by atoms with Crippen LogP contribution in [0.1, 0.15) is 5.69 Å². The second kappa shape index (κ2) is 4.58. The highest BCUT2D eigenvalue weighted by Gasteiger charge is 2.03. The quantitative estimate of drug-likeness (QED) is 0.734. The molecule has 0 spiro atoms. The van der Waals surface area contributed by atoms with E-state index in [0.717, 1.165) is 34.3 Å². The highest BCUT2D eigenvalue weighted by molar-refractivity contribution is 5.81.